The summed E-state index contributed by atoms with van der Waals surface area (Å²) in [6.07, 6.45) is 3.40. The summed E-state index contributed by atoms with van der Waals surface area (Å²) < 4.78 is 1.75. The molecule has 0 atom stereocenters. The topological polar surface area (TPSA) is 46.9 Å². The fraction of sp³-hybridized carbons (Fsp3) is 0.600. The first-order valence-electron chi connectivity index (χ1n) is 4.92. The maximum atomic E-state index is 11.6. The number of nitrogens with one attached hydrogen (secondary N) is 1. The molecule has 0 aliphatic heterocycles. The lowest BCUT2D eigenvalue weighted by molar-refractivity contribution is 0.0988. The Bertz CT molecular complexity index is 304. The zero-order chi connectivity index (χ0) is 10.6. The van der Waals surface area contributed by atoms with Gasteiger partial charge in [-0.1, -0.05) is 13.8 Å². The fourth-order valence-corrected chi connectivity index (χ4v) is 1.08. The van der Waals surface area contributed by atoms with E-state index in [4.69, 9.17) is 0 Å². The van der Waals surface area contributed by atoms with Gasteiger partial charge in [-0.25, -0.2) is 0 Å². The van der Waals surface area contributed by atoms with Crippen molar-refractivity contribution in [2.24, 2.45) is 0 Å². The molecule has 78 valence electrons. The fourth-order valence-electron chi connectivity index (χ4n) is 1.08. The molecule has 0 fully saturated rings. The number of carbonyl (C=O) groups excluding carboxylic acids is 1. The van der Waals surface area contributed by atoms with E-state index in [1.165, 1.54) is 0 Å². The standard InChI is InChI=1S/C10H17N3O/c1-4-13-7-9(5-12-13)10(14)6-11-8(2)3/h5,7-8,11H,4,6H2,1-3H3. The Kier molecular flexibility index (Phi) is 3.83. The Morgan fingerprint density at radius 2 is 2.36 bits per heavy atom. The summed E-state index contributed by atoms with van der Waals surface area (Å²) in [6.45, 7) is 7.21. The molecule has 0 aliphatic carbocycles. The minimum atomic E-state index is 0.0957. The number of hydrogen-bond donors (Lipinski definition) is 1. The molecule has 0 bridgehead atoms. The smallest absolute Gasteiger partial charge is 0.179 e. The lowest BCUT2D eigenvalue weighted by Crippen LogP contribution is -2.28. The normalized spacial score (nSPS) is 10.9. The summed E-state index contributed by atoms with van der Waals surface area (Å²) in [6, 6.07) is 0.333. The van der Waals surface area contributed by atoms with E-state index < -0.39 is 0 Å². The summed E-state index contributed by atoms with van der Waals surface area (Å²) in [5, 5.41) is 7.14. The van der Waals surface area contributed by atoms with Crippen molar-refractivity contribution in [1.29, 1.82) is 0 Å². The zero-order valence-electron chi connectivity index (χ0n) is 8.95. The first-order valence-corrected chi connectivity index (χ1v) is 4.92. The van der Waals surface area contributed by atoms with Crippen LogP contribution in [0, 0.1) is 0 Å². The van der Waals surface area contributed by atoms with Crippen molar-refractivity contribution in [2.75, 3.05) is 6.54 Å². The molecule has 0 amide bonds. The third-order valence-electron chi connectivity index (χ3n) is 1.95. The molecule has 0 radical (unpaired) electrons. The molecule has 1 rings (SSSR count). The van der Waals surface area contributed by atoms with Crippen LogP contribution in [0.4, 0.5) is 0 Å². The highest BCUT2D eigenvalue weighted by Gasteiger charge is 2.08. The molecule has 14 heavy (non-hydrogen) atoms. The van der Waals surface area contributed by atoms with Crippen molar-refractivity contribution >= 4 is 5.78 Å². The van der Waals surface area contributed by atoms with Crippen molar-refractivity contribution in [3.05, 3.63) is 18.0 Å². The van der Waals surface area contributed by atoms with Gasteiger partial charge in [0.25, 0.3) is 0 Å². The van der Waals surface area contributed by atoms with Gasteiger partial charge in [-0.3, -0.25) is 9.48 Å². The minimum absolute atomic E-state index is 0.0957. The zero-order valence-corrected chi connectivity index (χ0v) is 8.95. The van der Waals surface area contributed by atoms with E-state index in [9.17, 15) is 4.79 Å². The van der Waals surface area contributed by atoms with Crippen molar-refractivity contribution in [1.82, 2.24) is 15.1 Å². The molecule has 0 saturated carbocycles. The van der Waals surface area contributed by atoms with Crippen LogP contribution < -0.4 is 5.32 Å². The first-order chi connectivity index (χ1) is 6.63. The summed E-state index contributed by atoms with van der Waals surface area (Å²) in [4.78, 5) is 11.6. The Morgan fingerprint density at radius 3 is 2.86 bits per heavy atom. The van der Waals surface area contributed by atoms with Crippen LogP contribution in [0.5, 0.6) is 0 Å². The lowest BCUT2D eigenvalue weighted by Gasteiger charge is -2.05. The summed E-state index contributed by atoms with van der Waals surface area (Å²) in [7, 11) is 0. The molecular formula is C10H17N3O. The van der Waals surface area contributed by atoms with Gasteiger partial charge < -0.3 is 5.32 Å². The molecule has 4 nitrogen and oxygen atoms in total. The second-order valence-electron chi connectivity index (χ2n) is 3.54. The molecule has 0 unspecified atom stereocenters. The van der Waals surface area contributed by atoms with Crippen molar-refractivity contribution in [3.63, 3.8) is 0 Å². The number of nitrogens with zero attached hydrogens (tertiary/aromatic N) is 2. The third kappa shape index (κ3) is 2.96. The average molecular weight is 195 g/mol. The Balaban J connectivity index is 2.52. The van der Waals surface area contributed by atoms with E-state index in [2.05, 4.69) is 10.4 Å². The van der Waals surface area contributed by atoms with Crippen LogP contribution in [0.1, 0.15) is 31.1 Å². The summed E-state index contributed by atoms with van der Waals surface area (Å²) in [5.74, 6) is 0.0957. The van der Waals surface area contributed by atoms with Crippen molar-refractivity contribution in [2.45, 2.75) is 33.4 Å². The highest BCUT2D eigenvalue weighted by atomic mass is 16.1. The van der Waals surface area contributed by atoms with E-state index in [-0.39, 0.29) is 5.78 Å². The molecule has 0 aliphatic rings. The highest BCUT2D eigenvalue weighted by molar-refractivity contribution is 5.97. The molecule has 0 aromatic carbocycles. The van der Waals surface area contributed by atoms with Crippen LogP contribution in [0.25, 0.3) is 0 Å². The van der Waals surface area contributed by atoms with E-state index >= 15 is 0 Å². The molecule has 0 saturated heterocycles. The third-order valence-corrected chi connectivity index (χ3v) is 1.95. The number of hydrogen-bond acceptors (Lipinski definition) is 3. The SMILES string of the molecule is CCn1cc(C(=O)CNC(C)C)cn1. The minimum Gasteiger partial charge on any atom is -0.307 e. The number of ketones is 1. The summed E-state index contributed by atoms with van der Waals surface area (Å²) >= 11 is 0. The average Bonchev–Trinajstić information content (AvgIpc) is 2.62. The van der Waals surface area contributed by atoms with Crippen LogP contribution >= 0.6 is 0 Å². The van der Waals surface area contributed by atoms with Gasteiger partial charge in [-0.15, -0.1) is 0 Å². The largest absolute Gasteiger partial charge is 0.307 e. The van der Waals surface area contributed by atoms with E-state index in [0.717, 1.165) is 6.54 Å². The second-order valence-corrected chi connectivity index (χ2v) is 3.54. The van der Waals surface area contributed by atoms with E-state index in [1.807, 2.05) is 20.8 Å². The first kappa shape index (κ1) is 10.9. The molecule has 1 N–H and O–H groups in total. The molecule has 1 aromatic rings. The van der Waals surface area contributed by atoms with Gasteiger partial charge in [0.2, 0.25) is 0 Å². The molecule has 4 heteroatoms. The Morgan fingerprint density at radius 1 is 1.64 bits per heavy atom. The maximum Gasteiger partial charge on any atom is 0.179 e. The van der Waals surface area contributed by atoms with Gasteiger partial charge in [0, 0.05) is 18.8 Å². The van der Waals surface area contributed by atoms with Crippen LogP contribution in [0.15, 0.2) is 12.4 Å². The van der Waals surface area contributed by atoms with Crippen LogP contribution in [-0.4, -0.2) is 28.2 Å². The predicted molar refractivity (Wildman–Crippen MR) is 55.4 cm³/mol. The number of aromatic nitrogens is 2. The van der Waals surface area contributed by atoms with Crippen molar-refractivity contribution < 1.29 is 4.79 Å². The van der Waals surface area contributed by atoms with Crippen LogP contribution in [0.3, 0.4) is 0 Å². The molecule has 0 spiro atoms. The van der Waals surface area contributed by atoms with Gasteiger partial charge in [0.15, 0.2) is 5.78 Å². The van der Waals surface area contributed by atoms with Crippen LogP contribution in [-0.2, 0) is 6.54 Å². The number of aryl methyl sites for hydroxylation is 1. The Labute approximate surface area is 84.3 Å². The number of carbonyl (C=O) groups is 1. The van der Waals surface area contributed by atoms with Gasteiger partial charge in [-0.05, 0) is 6.92 Å². The highest BCUT2D eigenvalue weighted by Crippen LogP contribution is 1.98. The van der Waals surface area contributed by atoms with Gasteiger partial charge in [0.05, 0.1) is 18.3 Å². The quantitative estimate of drug-likeness (QED) is 0.715. The molecule has 1 aromatic heterocycles. The number of rotatable bonds is 5. The maximum absolute atomic E-state index is 11.6. The molecule has 1 heterocycles. The van der Waals surface area contributed by atoms with Crippen LogP contribution in [0.2, 0.25) is 0 Å². The monoisotopic (exact) mass is 195 g/mol. The van der Waals surface area contributed by atoms with Gasteiger partial charge >= 0.3 is 0 Å². The van der Waals surface area contributed by atoms with E-state index in [0.29, 0.717) is 18.2 Å². The Hall–Kier alpha value is -1.16. The van der Waals surface area contributed by atoms with Crippen molar-refractivity contribution in [3.8, 4) is 0 Å². The lowest BCUT2D eigenvalue weighted by atomic mass is 10.2. The van der Waals surface area contributed by atoms with E-state index in [1.54, 1.807) is 17.1 Å². The number of Topliss-reactive ketones (excluding diaryl/α,β-unsaturated/α-hetero) is 1. The predicted octanol–water partition coefficient (Wildman–Crippen LogP) is 1.08. The molecular weight excluding hydrogens is 178 g/mol. The van der Waals surface area contributed by atoms with Gasteiger partial charge in [0.1, 0.15) is 0 Å². The second kappa shape index (κ2) is 4.91. The van der Waals surface area contributed by atoms with Gasteiger partial charge in [-0.2, -0.15) is 5.10 Å². The summed E-state index contributed by atoms with van der Waals surface area (Å²) in [5.41, 5.74) is 0.681.